The van der Waals surface area contributed by atoms with E-state index in [9.17, 15) is 0 Å². The molecule has 0 fully saturated rings. The highest BCUT2D eigenvalue weighted by molar-refractivity contribution is 5.51. The van der Waals surface area contributed by atoms with Gasteiger partial charge in [-0.3, -0.25) is 0 Å². The van der Waals surface area contributed by atoms with Crippen molar-refractivity contribution in [1.29, 1.82) is 0 Å². The second kappa shape index (κ2) is 4.26. The standard InChI is InChI=1S/C12H14N2O2/c1-9-13-6-7-14(9)11-8-10(15-2)4-5-12(11)16-3/h4-8H,1-3H3. The quantitative estimate of drug-likeness (QED) is 0.792. The number of hydrogen-bond donors (Lipinski definition) is 0. The zero-order valence-corrected chi connectivity index (χ0v) is 9.60. The van der Waals surface area contributed by atoms with Crippen LogP contribution in [0.25, 0.3) is 5.69 Å². The van der Waals surface area contributed by atoms with E-state index >= 15 is 0 Å². The minimum absolute atomic E-state index is 0.793. The van der Waals surface area contributed by atoms with Crippen LogP contribution in [0.15, 0.2) is 30.6 Å². The van der Waals surface area contributed by atoms with Gasteiger partial charge in [-0.05, 0) is 19.1 Å². The molecule has 0 saturated heterocycles. The van der Waals surface area contributed by atoms with Crippen molar-refractivity contribution in [3.05, 3.63) is 36.4 Å². The summed E-state index contributed by atoms with van der Waals surface area (Å²) in [5.41, 5.74) is 0.928. The zero-order valence-electron chi connectivity index (χ0n) is 9.60. The number of hydrogen-bond acceptors (Lipinski definition) is 3. The maximum atomic E-state index is 5.32. The third kappa shape index (κ3) is 1.74. The molecule has 1 aromatic heterocycles. The number of methoxy groups -OCH3 is 2. The lowest BCUT2D eigenvalue weighted by atomic mass is 10.2. The average molecular weight is 218 g/mol. The third-order valence-electron chi connectivity index (χ3n) is 2.47. The Morgan fingerprint density at radius 1 is 1.19 bits per heavy atom. The Balaban J connectivity index is 2.57. The van der Waals surface area contributed by atoms with E-state index < -0.39 is 0 Å². The van der Waals surface area contributed by atoms with E-state index in [4.69, 9.17) is 9.47 Å². The summed E-state index contributed by atoms with van der Waals surface area (Å²) in [5, 5.41) is 0. The van der Waals surface area contributed by atoms with Crippen molar-refractivity contribution in [2.24, 2.45) is 0 Å². The lowest BCUT2D eigenvalue weighted by molar-refractivity contribution is 0.401. The molecule has 4 nitrogen and oxygen atoms in total. The predicted octanol–water partition coefficient (Wildman–Crippen LogP) is 2.20. The highest BCUT2D eigenvalue weighted by atomic mass is 16.5. The van der Waals surface area contributed by atoms with Crippen molar-refractivity contribution in [2.75, 3.05) is 14.2 Å². The summed E-state index contributed by atoms with van der Waals surface area (Å²) < 4.78 is 12.5. The molecule has 0 aliphatic carbocycles. The first-order valence-corrected chi connectivity index (χ1v) is 4.98. The Labute approximate surface area is 94.4 Å². The van der Waals surface area contributed by atoms with Gasteiger partial charge in [0.1, 0.15) is 17.3 Å². The Kier molecular flexibility index (Phi) is 2.81. The van der Waals surface area contributed by atoms with Gasteiger partial charge in [-0.1, -0.05) is 0 Å². The van der Waals surface area contributed by atoms with E-state index in [2.05, 4.69) is 4.98 Å². The van der Waals surface area contributed by atoms with Gasteiger partial charge in [-0.15, -0.1) is 0 Å². The Morgan fingerprint density at radius 2 is 2.00 bits per heavy atom. The van der Waals surface area contributed by atoms with Gasteiger partial charge in [0.05, 0.1) is 19.9 Å². The third-order valence-corrected chi connectivity index (χ3v) is 2.47. The molecule has 0 atom stereocenters. The molecule has 0 saturated carbocycles. The fourth-order valence-corrected chi connectivity index (χ4v) is 1.62. The van der Waals surface area contributed by atoms with Gasteiger partial charge in [0.2, 0.25) is 0 Å². The van der Waals surface area contributed by atoms with Crippen LogP contribution in [-0.2, 0) is 0 Å². The van der Waals surface area contributed by atoms with Crippen LogP contribution in [0.3, 0.4) is 0 Å². The molecule has 1 heterocycles. The van der Waals surface area contributed by atoms with Gasteiger partial charge < -0.3 is 14.0 Å². The SMILES string of the molecule is COc1ccc(OC)c(-n2ccnc2C)c1. The molecule has 0 aliphatic rings. The molecule has 0 radical (unpaired) electrons. The molecule has 0 aliphatic heterocycles. The number of aromatic nitrogens is 2. The van der Waals surface area contributed by atoms with Gasteiger partial charge in [0.15, 0.2) is 0 Å². The molecule has 2 aromatic rings. The van der Waals surface area contributed by atoms with Crippen molar-refractivity contribution in [1.82, 2.24) is 9.55 Å². The summed E-state index contributed by atoms with van der Waals surface area (Å²) in [6.07, 6.45) is 3.65. The van der Waals surface area contributed by atoms with E-state index in [1.54, 1.807) is 20.4 Å². The summed E-state index contributed by atoms with van der Waals surface area (Å²) in [4.78, 5) is 4.19. The molecule has 84 valence electrons. The number of benzene rings is 1. The summed E-state index contributed by atoms with van der Waals surface area (Å²) in [7, 11) is 3.30. The second-order valence-corrected chi connectivity index (χ2v) is 3.38. The van der Waals surface area contributed by atoms with Crippen molar-refractivity contribution in [3.8, 4) is 17.2 Å². The second-order valence-electron chi connectivity index (χ2n) is 3.38. The number of ether oxygens (including phenoxy) is 2. The lowest BCUT2D eigenvalue weighted by Crippen LogP contribution is -1.99. The van der Waals surface area contributed by atoms with Crippen LogP contribution in [-0.4, -0.2) is 23.8 Å². The van der Waals surface area contributed by atoms with Crippen LogP contribution in [0.1, 0.15) is 5.82 Å². The average Bonchev–Trinajstić information content (AvgIpc) is 2.74. The number of nitrogens with zero attached hydrogens (tertiary/aromatic N) is 2. The molecule has 0 N–H and O–H groups in total. The van der Waals surface area contributed by atoms with Crippen LogP contribution < -0.4 is 9.47 Å². The Hall–Kier alpha value is -1.97. The highest BCUT2D eigenvalue weighted by Gasteiger charge is 2.08. The van der Waals surface area contributed by atoms with Crippen LogP contribution in [0.4, 0.5) is 0 Å². The fourth-order valence-electron chi connectivity index (χ4n) is 1.62. The van der Waals surface area contributed by atoms with Crippen LogP contribution >= 0.6 is 0 Å². The molecule has 0 bridgehead atoms. The number of rotatable bonds is 3. The zero-order chi connectivity index (χ0) is 11.5. The largest absolute Gasteiger partial charge is 0.497 e. The van der Waals surface area contributed by atoms with Gasteiger partial charge in [0, 0.05) is 18.5 Å². The summed E-state index contributed by atoms with van der Waals surface area (Å²) >= 11 is 0. The van der Waals surface area contributed by atoms with Gasteiger partial charge in [-0.25, -0.2) is 4.98 Å². The van der Waals surface area contributed by atoms with Crippen molar-refractivity contribution < 1.29 is 9.47 Å². The van der Waals surface area contributed by atoms with Crippen molar-refractivity contribution >= 4 is 0 Å². The first-order chi connectivity index (χ1) is 7.76. The maximum absolute atomic E-state index is 5.32. The molecular formula is C12H14N2O2. The Bertz CT molecular complexity index is 492. The van der Waals surface area contributed by atoms with Crippen LogP contribution in [0.5, 0.6) is 11.5 Å². The van der Waals surface area contributed by atoms with Crippen LogP contribution in [0, 0.1) is 6.92 Å². The molecule has 0 amide bonds. The molecule has 2 rings (SSSR count). The number of aryl methyl sites for hydroxylation is 1. The molecule has 1 aromatic carbocycles. The van der Waals surface area contributed by atoms with E-state index in [1.807, 2.05) is 35.9 Å². The summed E-state index contributed by atoms with van der Waals surface area (Å²) in [5.74, 6) is 2.50. The fraction of sp³-hybridized carbons (Fsp3) is 0.250. The van der Waals surface area contributed by atoms with E-state index in [-0.39, 0.29) is 0 Å². The predicted molar refractivity (Wildman–Crippen MR) is 61.4 cm³/mol. The lowest BCUT2D eigenvalue weighted by Gasteiger charge is -2.12. The van der Waals surface area contributed by atoms with Gasteiger partial charge in [0.25, 0.3) is 0 Å². The summed E-state index contributed by atoms with van der Waals surface area (Å²) in [6, 6.07) is 5.68. The molecule has 0 unspecified atom stereocenters. The first-order valence-electron chi connectivity index (χ1n) is 4.98. The monoisotopic (exact) mass is 218 g/mol. The smallest absolute Gasteiger partial charge is 0.143 e. The van der Waals surface area contributed by atoms with Gasteiger partial charge >= 0.3 is 0 Å². The minimum Gasteiger partial charge on any atom is -0.497 e. The minimum atomic E-state index is 0.793. The molecule has 4 heteroatoms. The normalized spacial score (nSPS) is 10.2. The molecular weight excluding hydrogens is 204 g/mol. The first kappa shape index (κ1) is 10.5. The number of imidazole rings is 1. The summed E-state index contributed by atoms with van der Waals surface area (Å²) in [6.45, 7) is 1.94. The highest BCUT2D eigenvalue weighted by Crippen LogP contribution is 2.28. The van der Waals surface area contributed by atoms with Crippen molar-refractivity contribution in [3.63, 3.8) is 0 Å². The van der Waals surface area contributed by atoms with E-state index in [0.717, 1.165) is 23.0 Å². The molecule has 0 spiro atoms. The van der Waals surface area contributed by atoms with E-state index in [0.29, 0.717) is 0 Å². The topological polar surface area (TPSA) is 36.3 Å². The van der Waals surface area contributed by atoms with Crippen LogP contribution in [0.2, 0.25) is 0 Å². The van der Waals surface area contributed by atoms with E-state index in [1.165, 1.54) is 0 Å². The van der Waals surface area contributed by atoms with Crippen molar-refractivity contribution in [2.45, 2.75) is 6.92 Å². The Morgan fingerprint density at radius 3 is 2.56 bits per heavy atom. The maximum Gasteiger partial charge on any atom is 0.143 e. The van der Waals surface area contributed by atoms with Gasteiger partial charge in [-0.2, -0.15) is 0 Å². The molecule has 16 heavy (non-hydrogen) atoms.